The van der Waals surface area contributed by atoms with E-state index in [1.165, 1.54) is 26.7 Å². The molecule has 3 aromatic carbocycles. The van der Waals surface area contributed by atoms with Gasteiger partial charge in [-0.2, -0.15) is 0 Å². The van der Waals surface area contributed by atoms with Gasteiger partial charge in [-0.1, -0.05) is 120 Å². The van der Waals surface area contributed by atoms with E-state index in [1.54, 1.807) is 5.20 Å². The van der Waals surface area contributed by atoms with Crippen LogP contribution in [0.15, 0.2) is 108 Å². The molecule has 1 aliphatic carbocycles. The van der Waals surface area contributed by atoms with E-state index in [-0.39, 0.29) is 0 Å². The van der Waals surface area contributed by atoms with Crippen molar-refractivity contribution in [1.29, 1.82) is 0 Å². The second-order valence-electron chi connectivity index (χ2n) is 7.31. The Balaban J connectivity index is 2.11. The Labute approximate surface area is 163 Å². The van der Waals surface area contributed by atoms with Crippen LogP contribution >= 0.6 is 0 Å². The van der Waals surface area contributed by atoms with Gasteiger partial charge in [-0.25, -0.2) is 0 Å². The minimum atomic E-state index is -2.28. The van der Waals surface area contributed by atoms with Gasteiger partial charge in [0, 0.05) is 0 Å². The normalized spacial score (nSPS) is 14.0. The van der Waals surface area contributed by atoms with E-state index < -0.39 is 8.07 Å². The summed E-state index contributed by atoms with van der Waals surface area (Å²) in [5.41, 5.74) is 2.84. The number of hydrogen-bond acceptors (Lipinski definition) is 0. The molecule has 0 saturated heterocycles. The van der Waals surface area contributed by atoms with Crippen LogP contribution in [0.25, 0.3) is 0 Å². The number of rotatable bonds is 5. The molecule has 0 bridgehead atoms. The molecule has 0 N–H and O–H groups in total. The Hall–Kier alpha value is -2.64. The molecule has 0 amide bonds. The Kier molecular flexibility index (Phi) is 4.96. The van der Waals surface area contributed by atoms with E-state index in [0.717, 1.165) is 12.8 Å². The van der Waals surface area contributed by atoms with Gasteiger partial charge >= 0.3 is 0 Å². The molecule has 4 rings (SSSR count). The summed E-state index contributed by atoms with van der Waals surface area (Å²) in [6.07, 6.45) is 6.87. The maximum Gasteiger partial charge on any atom is 0.176 e. The number of benzene rings is 3. The van der Waals surface area contributed by atoms with Crippen LogP contribution in [0.5, 0.6) is 0 Å². The quantitative estimate of drug-likeness (QED) is 0.455. The van der Waals surface area contributed by atoms with E-state index >= 15 is 0 Å². The third kappa shape index (κ3) is 3.02. The highest BCUT2D eigenvalue weighted by molar-refractivity contribution is 7.16. The highest BCUT2D eigenvalue weighted by Crippen LogP contribution is 2.30. The summed E-state index contributed by atoms with van der Waals surface area (Å²) >= 11 is 0. The fourth-order valence-electron chi connectivity index (χ4n) is 4.48. The average Bonchev–Trinajstić information content (AvgIpc) is 3.21. The molecular formula is C26H26Si. The summed E-state index contributed by atoms with van der Waals surface area (Å²) in [5, 5.41) is 6.08. The van der Waals surface area contributed by atoms with Gasteiger partial charge in [0.05, 0.1) is 0 Å². The van der Waals surface area contributed by atoms with Crippen molar-refractivity contribution in [3.63, 3.8) is 0 Å². The molecule has 1 heteroatoms. The largest absolute Gasteiger partial charge is 0.176 e. The summed E-state index contributed by atoms with van der Waals surface area (Å²) in [5.74, 6) is 0. The lowest BCUT2D eigenvalue weighted by atomic mass is 10.2. The van der Waals surface area contributed by atoms with E-state index in [1.807, 2.05) is 0 Å². The van der Waals surface area contributed by atoms with Gasteiger partial charge in [0.2, 0.25) is 0 Å². The van der Waals surface area contributed by atoms with Crippen LogP contribution in [0.2, 0.25) is 0 Å². The van der Waals surface area contributed by atoms with Crippen LogP contribution in [0.1, 0.15) is 25.3 Å². The van der Waals surface area contributed by atoms with Gasteiger partial charge < -0.3 is 0 Å². The van der Waals surface area contributed by atoms with Crippen LogP contribution in [0, 0.1) is 6.92 Å². The molecule has 0 unspecified atom stereocenters. The Morgan fingerprint density at radius 3 is 1.74 bits per heavy atom. The Morgan fingerprint density at radius 1 is 0.704 bits per heavy atom. The fourth-order valence-corrected chi connectivity index (χ4v) is 9.74. The molecular weight excluding hydrogens is 340 g/mol. The van der Waals surface area contributed by atoms with E-state index in [4.69, 9.17) is 0 Å². The van der Waals surface area contributed by atoms with E-state index in [0.29, 0.717) is 0 Å². The lowest BCUT2D eigenvalue weighted by molar-refractivity contribution is 1.14. The zero-order valence-corrected chi connectivity index (χ0v) is 17.2. The van der Waals surface area contributed by atoms with Crippen molar-refractivity contribution in [2.45, 2.75) is 26.7 Å². The summed E-state index contributed by atoms with van der Waals surface area (Å²) in [6.45, 7) is 4.46. The highest BCUT2D eigenvalue weighted by Gasteiger charge is 2.44. The Bertz CT molecular complexity index is 924. The van der Waals surface area contributed by atoms with Crippen LogP contribution in [-0.2, 0) is 0 Å². The second kappa shape index (κ2) is 7.54. The molecule has 0 spiro atoms. The number of hydrogen-bond donors (Lipinski definition) is 0. The zero-order chi connectivity index (χ0) is 18.7. The SMILES string of the molecule is CCC1=C([Si](c2ccccc2)(c2ccccc2)c2ccc(C)cc2)CC=C1. The van der Waals surface area contributed by atoms with E-state index in [9.17, 15) is 0 Å². The van der Waals surface area contributed by atoms with Gasteiger partial charge in [0.25, 0.3) is 0 Å². The van der Waals surface area contributed by atoms with Crippen molar-refractivity contribution >= 4 is 23.6 Å². The predicted octanol–water partition coefficient (Wildman–Crippen LogP) is 4.67. The number of aryl methyl sites for hydroxylation is 1. The van der Waals surface area contributed by atoms with Crippen LogP contribution in [0.4, 0.5) is 0 Å². The molecule has 0 nitrogen and oxygen atoms in total. The number of allylic oxidation sites excluding steroid dienone is 4. The third-order valence-corrected chi connectivity index (χ3v) is 10.8. The summed E-state index contributed by atoms with van der Waals surface area (Å²) in [4.78, 5) is 0. The third-order valence-electron chi connectivity index (χ3n) is 5.76. The van der Waals surface area contributed by atoms with Gasteiger partial charge in [0.1, 0.15) is 0 Å². The molecule has 0 atom stereocenters. The fraction of sp³-hybridized carbons (Fsp3) is 0.154. The average molecular weight is 367 g/mol. The standard InChI is InChI=1S/C26H26Si/c1-3-22-11-10-16-26(22)27(23-12-6-4-7-13-23,24-14-8-5-9-15-24)25-19-17-21(2)18-20-25/h4-15,17-20H,3,16H2,1-2H3. The van der Waals surface area contributed by atoms with Gasteiger partial charge in [-0.3, -0.25) is 0 Å². The van der Waals surface area contributed by atoms with Crippen molar-refractivity contribution in [2.24, 2.45) is 0 Å². The van der Waals surface area contributed by atoms with Gasteiger partial charge in [0.15, 0.2) is 8.07 Å². The van der Waals surface area contributed by atoms with Crippen molar-refractivity contribution in [3.05, 3.63) is 113 Å². The molecule has 1 aliphatic rings. The minimum Gasteiger partial charge on any atom is -0.0805 e. The first-order chi connectivity index (χ1) is 13.3. The minimum absolute atomic E-state index is 1.06. The van der Waals surface area contributed by atoms with E-state index in [2.05, 4.69) is 111 Å². The molecule has 0 heterocycles. The molecule has 3 aromatic rings. The lowest BCUT2D eigenvalue weighted by Gasteiger charge is -2.36. The summed E-state index contributed by atoms with van der Waals surface area (Å²) < 4.78 is 0. The molecule has 0 fully saturated rings. The van der Waals surface area contributed by atoms with Crippen molar-refractivity contribution < 1.29 is 0 Å². The zero-order valence-electron chi connectivity index (χ0n) is 16.2. The molecule has 0 aliphatic heterocycles. The maximum atomic E-state index is 2.38. The van der Waals surface area contributed by atoms with Crippen molar-refractivity contribution in [2.75, 3.05) is 0 Å². The molecule has 27 heavy (non-hydrogen) atoms. The molecule has 0 radical (unpaired) electrons. The highest BCUT2D eigenvalue weighted by atomic mass is 28.3. The van der Waals surface area contributed by atoms with Gasteiger partial charge in [-0.15, -0.1) is 0 Å². The lowest BCUT2D eigenvalue weighted by Crippen LogP contribution is -2.68. The van der Waals surface area contributed by atoms with Gasteiger partial charge in [-0.05, 0) is 35.3 Å². The molecule has 134 valence electrons. The topological polar surface area (TPSA) is 0 Å². The first kappa shape index (κ1) is 17.8. The summed E-state index contributed by atoms with van der Waals surface area (Å²) in [7, 11) is -2.28. The monoisotopic (exact) mass is 366 g/mol. The van der Waals surface area contributed by atoms with Crippen molar-refractivity contribution in [1.82, 2.24) is 0 Å². The van der Waals surface area contributed by atoms with Crippen LogP contribution in [0.3, 0.4) is 0 Å². The second-order valence-corrected chi connectivity index (χ2v) is 11.1. The molecule has 0 saturated carbocycles. The predicted molar refractivity (Wildman–Crippen MR) is 120 cm³/mol. The smallest absolute Gasteiger partial charge is 0.0805 e. The molecule has 0 aromatic heterocycles. The van der Waals surface area contributed by atoms with Crippen LogP contribution < -0.4 is 15.6 Å². The Morgan fingerprint density at radius 2 is 1.22 bits per heavy atom. The summed E-state index contributed by atoms with van der Waals surface area (Å²) in [6, 6.07) is 31.7. The first-order valence-electron chi connectivity index (χ1n) is 9.84. The first-order valence-corrected chi connectivity index (χ1v) is 11.8. The maximum absolute atomic E-state index is 2.38. The van der Waals surface area contributed by atoms with Crippen molar-refractivity contribution in [3.8, 4) is 0 Å². The van der Waals surface area contributed by atoms with Crippen LogP contribution in [-0.4, -0.2) is 8.07 Å².